The molecule has 9 nitrogen and oxygen atoms in total. The highest BCUT2D eigenvalue weighted by Crippen LogP contribution is 2.14. The molecule has 2 atom stereocenters. The van der Waals surface area contributed by atoms with Gasteiger partial charge in [0, 0.05) is 12.8 Å². The molecule has 0 rings (SSSR count). The van der Waals surface area contributed by atoms with Crippen LogP contribution in [0.3, 0.4) is 0 Å². The minimum atomic E-state index is -1.63. The monoisotopic (exact) mass is 1040 g/mol. The van der Waals surface area contributed by atoms with Crippen LogP contribution in [0.1, 0.15) is 219 Å². The van der Waals surface area contributed by atoms with Crippen LogP contribution < -0.4 is 5.11 Å². The second-order valence-corrected chi connectivity index (χ2v) is 20.5. The van der Waals surface area contributed by atoms with E-state index in [1.165, 1.54) is 64.2 Å². The number of nitrogens with zero attached hydrogens (tertiary/aromatic N) is 1. The van der Waals surface area contributed by atoms with Crippen LogP contribution in [0, 0.1) is 0 Å². The largest absolute Gasteiger partial charge is 0.545 e. The lowest BCUT2D eigenvalue weighted by Gasteiger charge is -2.26. The van der Waals surface area contributed by atoms with Gasteiger partial charge in [-0.3, -0.25) is 9.59 Å². The van der Waals surface area contributed by atoms with Gasteiger partial charge < -0.3 is 33.3 Å². The number of hydrogen-bond acceptors (Lipinski definition) is 8. The molecule has 75 heavy (non-hydrogen) atoms. The predicted octanol–water partition coefficient (Wildman–Crippen LogP) is 16.3. The third-order valence-electron chi connectivity index (χ3n) is 12.2. The fraction of sp³-hybridized carbons (Fsp3) is 0.652. The summed E-state index contributed by atoms with van der Waals surface area (Å²) in [5, 5.41) is 11.8. The number of ether oxygens (including phenoxy) is 4. The van der Waals surface area contributed by atoms with Crippen LogP contribution >= 0.6 is 0 Å². The summed E-state index contributed by atoms with van der Waals surface area (Å²) in [6, 6.07) is 0. The number of carboxylic acids is 1. The van der Waals surface area contributed by atoms with Crippen molar-refractivity contribution in [1.82, 2.24) is 0 Å². The molecule has 0 N–H and O–H groups in total. The molecule has 2 unspecified atom stereocenters. The molecule has 9 heteroatoms. The molecule has 0 saturated carbocycles. The van der Waals surface area contributed by atoms with Gasteiger partial charge in [-0.25, -0.2) is 0 Å². The normalized spacial score (nSPS) is 13.7. The number of esters is 2. The van der Waals surface area contributed by atoms with Gasteiger partial charge in [-0.2, -0.15) is 0 Å². The Morgan fingerprint density at radius 2 is 0.760 bits per heavy atom. The van der Waals surface area contributed by atoms with Crippen LogP contribution in [0.4, 0.5) is 0 Å². The van der Waals surface area contributed by atoms with E-state index in [0.29, 0.717) is 17.4 Å². The van der Waals surface area contributed by atoms with Gasteiger partial charge in [0.05, 0.1) is 40.3 Å². The maximum absolute atomic E-state index is 12.9. The minimum Gasteiger partial charge on any atom is -0.545 e. The standard InChI is InChI=1S/C66H109NO8/c1-6-8-10-12-14-16-18-20-22-24-26-27-28-29-30-31-32-33-34-35-36-37-39-41-43-45-47-49-51-53-55-57-64(69)75-62(61-74-66(65(70)71)72-59-58-67(3,4)5)60-73-63(68)56-54-52-50-48-46-44-42-40-38-25-23-21-19-17-15-13-11-9-7-2/h8,10,14-17,20-23,26-27,29-30,32-33,35-36,38,40,62,66H,6-7,9,11-13,18-19,24-25,28,31,34,37,39,41-61H2,1-5H3/b10-8-,16-14-,17-15-,22-20-,23-21-,27-26-,30-29-,33-32-,36-35-,40-38-. The maximum Gasteiger partial charge on any atom is 0.306 e. The van der Waals surface area contributed by atoms with Gasteiger partial charge >= 0.3 is 11.9 Å². The van der Waals surface area contributed by atoms with E-state index in [9.17, 15) is 19.5 Å². The molecule has 0 aliphatic rings. The topological polar surface area (TPSA) is 111 Å². The van der Waals surface area contributed by atoms with Gasteiger partial charge in [-0.05, 0) is 109 Å². The Hall–Kier alpha value is -4.31. The van der Waals surface area contributed by atoms with Crippen LogP contribution in [0.25, 0.3) is 0 Å². The van der Waals surface area contributed by atoms with Gasteiger partial charge in [0.1, 0.15) is 13.2 Å². The first-order valence-electron chi connectivity index (χ1n) is 29.7. The summed E-state index contributed by atoms with van der Waals surface area (Å²) in [7, 11) is 5.91. The maximum atomic E-state index is 12.9. The zero-order valence-electron chi connectivity index (χ0n) is 48.4. The Morgan fingerprint density at radius 3 is 1.13 bits per heavy atom. The van der Waals surface area contributed by atoms with Crippen molar-refractivity contribution in [3.63, 3.8) is 0 Å². The molecule has 0 aromatic heterocycles. The van der Waals surface area contributed by atoms with Crippen LogP contribution in [-0.4, -0.2) is 82.3 Å². The minimum absolute atomic E-state index is 0.138. The Balaban J connectivity index is 4.29. The van der Waals surface area contributed by atoms with Crippen molar-refractivity contribution in [3.05, 3.63) is 122 Å². The lowest BCUT2D eigenvalue weighted by Crippen LogP contribution is -2.44. The van der Waals surface area contributed by atoms with Crippen molar-refractivity contribution < 1.29 is 42.9 Å². The second-order valence-electron chi connectivity index (χ2n) is 20.5. The number of aliphatic carboxylic acids is 1. The SMILES string of the molecule is CC/C=C\C/C=C\C/C=C\C/C=C\C/C=C\C/C=C\C/C=C\CCCCCCCCCCCC(=O)OC(COC(=O)CCCCCCCC/C=C\C/C=C\C/C=C\CCCCC)COC(OCC[N+](C)(C)C)C(=O)[O-]. The van der Waals surface area contributed by atoms with Crippen LogP contribution in [-0.2, 0) is 33.3 Å². The van der Waals surface area contributed by atoms with E-state index in [2.05, 4.69) is 135 Å². The van der Waals surface area contributed by atoms with E-state index in [1.807, 2.05) is 21.1 Å². The average Bonchev–Trinajstić information content (AvgIpc) is 3.38. The number of carbonyl (C=O) groups is 3. The van der Waals surface area contributed by atoms with E-state index >= 15 is 0 Å². The number of carbonyl (C=O) groups excluding carboxylic acids is 3. The number of allylic oxidation sites excluding steroid dienone is 20. The molecule has 0 radical (unpaired) electrons. The Kier molecular flexibility index (Phi) is 52.7. The summed E-state index contributed by atoms with van der Waals surface area (Å²) >= 11 is 0. The molecule has 0 spiro atoms. The number of rotatable bonds is 53. The molecule has 0 aliphatic heterocycles. The molecule has 0 aromatic rings. The number of quaternary nitrogens is 1. The van der Waals surface area contributed by atoms with Crippen molar-refractivity contribution >= 4 is 17.9 Å². The number of unbranched alkanes of at least 4 members (excludes halogenated alkanes) is 18. The quantitative estimate of drug-likeness (QED) is 0.0195. The summed E-state index contributed by atoms with van der Waals surface area (Å²) < 4.78 is 22.7. The Labute approximate surface area is 459 Å². The zero-order chi connectivity index (χ0) is 54.8. The molecule has 0 saturated heterocycles. The lowest BCUT2D eigenvalue weighted by molar-refractivity contribution is -0.870. The Bertz CT molecular complexity index is 1640. The first kappa shape index (κ1) is 70.7. The van der Waals surface area contributed by atoms with Crippen LogP contribution in [0.15, 0.2) is 122 Å². The van der Waals surface area contributed by atoms with Gasteiger partial charge in [0.25, 0.3) is 0 Å². The van der Waals surface area contributed by atoms with Crippen LogP contribution in [0.5, 0.6) is 0 Å². The molecular formula is C66H109NO8. The van der Waals surface area contributed by atoms with E-state index < -0.39 is 24.3 Å². The first-order chi connectivity index (χ1) is 36.6. The number of hydrogen-bond donors (Lipinski definition) is 0. The highest BCUT2D eigenvalue weighted by molar-refractivity contribution is 5.70. The summed E-state index contributed by atoms with van der Waals surface area (Å²) in [5.74, 6) is -2.32. The highest BCUT2D eigenvalue weighted by Gasteiger charge is 2.22. The van der Waals surface area contributed by atoms with Crippen molar-refractivity contribution in [3.8, 4) is 0 Å². The van der Waals surface area contributed by atoms with Gasteiger partial charge in [0.15, 0.2) is 12.4 Å². The predicted molar refractivity (Wildman–Crippen MR) is 315 cm³/mol. The van der Waals surface area contributed by atoms with Gasteiger partial charge in [-0.15, -0.1) is 0 Å². The third kappa shape index (κ3) is 57.2. The number of carboxylic acid groups (broad SMARTS) is 1. The summed E-state index contributed by atoms with van der Waals surface area (Å²) in [4.78, 5) is 37.3. The third-order valence-corrected chi connectivity index (χ3v) is 12.2. The van der Waals surface area contributed by atoms with E-state index in [1.54, 1.807) is 0 Å². The zero-order valence-corrected chi connectivity index (χ0v) is 48.4. The molecule has 0 aliphatic carbocycles. The van der Waals surface area contributed by atoms with Crippen molar-refractivity contribution in [2.45, 2.75) is 232 Å². The molecule has 0 bridgehead atoms. The molecule has 0 heterocycles. The summed E-state index contributed by atoms with van der Waals surface area (Å²) in [5.41, 5.74) is 0. The van der Waals surface area contributed by atoms with Crippen molar-refractivity contribution in [2.75, 3.05) is 47.5 Å². The summed E-state index contributed by atoms with van der Waals surface area (Å²) in [6.07, 6.45) is 75.2. The van der Waals surface area contributed by atoms with E-state index in [4.69, 9.17) is 18.9 Å². The molecule has 426 valence electrons. The van der Waals surface area contributed by atoms with E-state index in [0.717, 1.165) is 122 Å². The summed E-state index contributed by atoms with van der Waals surface area (Å²) in [6.45, 7) is 4.57. The molecule has 0 fully saturated rings. The van der Waals surface area contributed by atoms with Crippen molar-refractivity contribution in [2.24, 2.45) is 0 Å². The fourth-order valence-corrected chi connectivity index (χ4v) is 7.64. The Morgan fingerprint density at radius 1 is 0.413 bits per heavy atom. The fourth-order valence-electron chi connectivity index (χ4n) is 7.64. The molecular weight excluding hydrogens is 935 g/mol. The number of likely N-dealkylation sites (N-methyl/N-ethyl adjacent to an activating group) is 1. The average molecular weight is 1040 g/mol. The van der Waals surface area contributed by atoms with Gasteiger partial charge in [-0.1, -0.05) is 219 Å². The van der Waals surface area contributed by atoms with Crippen LogP contribution in [0.2, 0.25) is 0 Å². The van der Waals surface area contributed by atoms with Crippen molar-refractivity contribution in [1.29, 1.82) is 0 Å². The van der Waals surface area contributed by atoms with E-state index in [-0.39, 0.29) is 38.6 Å². The molecule has 0 aromatic carbocycles. The van der Waals surface area contributed by atoms with Gasteiger partial charge in [0.2, 0.25) is 0 Å². The highest BCUT2D eigenvalue weighted by atomic mass is 16.7. The molecule has 0 amide bonds. The second kappa shape index (κ2) is 55.9. The lowest BCUT2D eigenvalue weighted by atomic mass is 10.1. The smallest absolute Gasteiger partial charge is 0.306 e. The first-order valence-corrected chi connectivity index (χ1v) is 29.7.